The second-order valence-corrected chi connectivity index (χ2v) is 5.74. The van der Waals surface area contributed by atoms with Crippen LogP contribution in [0.1, 0.15) is 18.9 Å². The summed E-state index contributed by atoms with van der Waals surface area (Å²) in [5.41, 5.74) is 8.29. The average molecular weight is 282 g/mol. The van der Waals surface area contributed by atoms with Gasteiger partial charge in [0, 0.05) is 36.4 Å². The van der Waals surface area contributed by atoms with Gasteiger partial charge in [0.1, 0.15) is 0 Å². The van der Waals surface area contributed by atoms with E-state index in [1.807, 2.05) is 6.07 Å². The van der Waals surface area contributed by atoms with E-state index in [1.165, 1.54) is 17.7 Å². The zero-order chi connectivity index (χ0) is 13.8. The lowest BCUT2D eigenvalue weighted by molar-refractivity contribution is 0.213. The number of hydrogen-bond donors (Lipinski definition) is 1. The summed E-state index contributed by atoms with van der Waals surface area (Å²) in [6, 6.07) is 6.82. The van der Waals surface area contributed by atoms with Gasteiger partial charge in [0.25, 0.3) is 0 Å². The van der Waals surface area contributed by atoms with Crippen LogP contribution < -0.4 is 10.6 Å². The first-order valence-electron chi connectivity index (χ1n) is 7.09. The molecule has 0 spiro atoms. The molecule has 1 saturated heterocycles. The maximum atomic E-state index is 6.10. The minimum Gasteiger partial charge on any atom is -0.368 e. The number of nitrogens with zero attached hydrogens (tertiary/aromatic N) is 2. The smallest absolute Gasteiger partial charge is 0.0410 e. The third kappa shape index (κ3) is 3.41. The topological polar surface area (TPSA) is 32.5 Å². The van der Waals surface area contributed by atoms with Crippen LogP contribution in [0, 0.1) is 0 Å². The summed E-state index contributed by atoms with van der Waals surface area (Å²) in [4.78, 5) is 4.94. The maximum Gasteiger partial charge on any atom is 0.0410 e. The van der Waals surface area contributed by atoms with Crippen molar-refractivity contribution in [1.29, 1.82) is 0 Å². The maximum absolute atomic E-state index is 6.10. The lowest BCUT2D eigenvalue weighted by atomic mass is 10.1. The van der Waals surface area contributed by atoms with Gasteiger partial charge in [0.05, 0.1) is 0 Å². The summed E-state index contributed by atoms with van der Waals surface area (Å²) < 4.78 is 0. The summed E-state index contributed by atoms with van der Waals surface area (Å²) in [5.74, 6) is 0. The quantitative estimate of drug-likeness (QED) is 0.920. The van der Waals surface area contributed by atoms with Crippen molar-refractivity contribution < 1.29 is 0 Å². The number of anilines is 1. The van der Waals surface area contributed by atoms with Crippen LogP contribution in [0.3, 0.4) is 0 Å². The molecule has 3 nitrogen and oxygen atoms in total. The van der Waals surface area contributed by atoms with Crippen molar-refractivity contribution in [3.8, 4) is 0 Å². The van der Waals surface area contributed by atoms with Crippen molar-refractivity contribution in [1.82, 2.24) is 4.90 Å². The van der Waals surface area contributed by atoms with E-state index in [0.717, 1.165) is 31.1 Å². The molecule has 2 N–H and O–H groups in total. The first-order chi connectivity index (χ1) is 9.15. The minimum atomic E-state index is 0.634. The second kappa shape index (κ2) is 6.60. The number of piperazine rings is 1. The monoisotopic (exact) mass is 281 g/mol. The molecule has 0 bridgehead atoms. The lowest BCUT2D eigenvalue weighted by Gasteiger charge is -2.41. The Balaban J connectivity index is 2.21. The Morgan fingerprint density at radius 2 is 2.16 bits per heavy atom. The normalized spacial score (nSPS) is 20.8. The molecule has 0 radical (unpaired) electrons. The van der Waals surface area contributed by atoms with Crippen LogP contribution >= 0.6 is 11.6 Å². The number of rotatable bonds is 4. The Hall–Kier alpha value is -0.770. The molecular formula is C15H24ClN3. The number of halogens is 1. The van der Waals surface area contributed by atoms with E-state index in [1.54, 1.807) is 0 Å². The summed E-state index contributed by atoms with van der Waals surface area (Å²) >= 11 is 6.10. The molecule has 1 heterocycles. The summed E-state index contributed by atoms with van der Waals surface area (Å²) in [6.07, 6.45) is 2.08. The number of likely N-dealkylation sites (N-methyl/N-ethyl adjacent to an activating group) is 1. The predicted octanol–water partition coefficient (Wildman–Crippen LogP) is 2.37. The fraction of sp³-hybridized carbons (Fsp3) is 0.600. The van der Waals surface area contributed by atoms with Gasteiger partial charge in [-0.2, -0.15) is 0 Å². The fourth-order valence-electron chi connectivity index (χ4n) is 2.82. The van der Waals surface area contributed by atoms with E-state index in [-0.39, 0.29) is 0 Å². The highest BCUT2D eigenvalue weighted by Gasteiger charge is 2.24. The molecule has 106 valence electrons. The molecule has 1 aromatic rings. The molecule has 1 unspecified atom stereocenters. The van der Waals surface area contributed by atoms with Crippen molar-refractivity contribution >= 4 is 17.3 Å². The van der Waals surface area contributed by atoms with Crippen LogP contribution in [0.15, 0.2) is 18.2 Å². The molecule has 0 aliphatic carbocycles. The Bertz CT molecular complexity index is 422. The number of benzene rings is 1. The molecule has 1 fully saturated rings. The van der Waals surface area contributed by atoms with Gasteiger partial charge in [-0.1, -0.05) is 18.5 Å². The second-order valence-electron chi connectivity index (χ2n) is 5.30. The minimum absolute atomic E-state index is 0.634. The van der Waals surface area contributed by atoms with Gasteiger partial charge in [0.15, 0.2) is 0 Å². The van der Waals surface area contributed by atoms with E-state index < -0.39 is 0 Å². The first-order valence-corrected chi connectivity index (χ1v) is 7.47. The fourth-order valence-corrected chi connectivity index (χ4v) is 3.02. The van der Waals surface area contributed by atoms with Crippen molar-refractivity contribution in [2.75, 3.05) is 38.1 Å². The predicted molar refractivity (Wildman–Crippen MR) is 83.1 cm³/mol. The summed E-state index contributed by atoms with van der Waals surface area (Å²) in [6.45, 7) is 6.20. The van der Waals surface area contributed by atoms with Crippen LogP contribution in [0.5, 0.6) is 0 Å². The first kappa shape index (κ1) is 14.6. The largest absolute Gasteiger partial charge is 0.368 e. The molecule has 0 aromatic heterocycles. The molecule has 4 heteroatoms. The van der Waals surface area contributed by atoms with Crippen molar-refractivity contribution in [2.24, 2.45) is 5.73 Å². The van der Waals surface area contributed by atoms with Crippen molar-refractivity contribution in [3.63, 3.8) is 0 Å². The van der Waals surface area contributed by atoms with Gasteiger partial charge in [-0.3, -0.25) is 4.90 Å². The zero-order valence-electron chi connectivity index (χ0n) is 11.9. The van der Waals surface area contributed by atoms with Crippen LogP contribution in [0.2, 0.25) is 5.02 Å². The van der Waals surface area contributed by atoms with E-state index in [2.05, 4.69) is 35.9 Å². The van der Waals surface area contributed by atoms with E-state index in [0.29, 0.717) is 12.6 Å². The molecule has 0 saturated carbocycles. The van der Waals surface area contributed by atoms with Crippen LogP contribution in [-0.4, -0.2) is 44.2 Å². The molecule has 2 rings (SSSR count). The Kier molecular flexibility index (Phi) is 5.08. The third-order valence-electron chi connectivity index (χ3n) is 4.04. The SMILES string of the molecule is CCC1CN(c2ccc(Cl)cc2CCN)CCN1C. The average Bonchev–Trinajstić information content (AvgIpc) is 2.40. The number of nitrogens with two attached hydrogens (primary N) is 1. The van der Waals surface area contributed by atoms with E-state index >= 15 is 0 Å². The lowest BCUT2D eigenvalue weighted by Crippen LogP contribution is -2.51. The van der Waals surface area contributed by atoms with Crippen molar-refractivity contribution in [2.45, 2.75) is 25.8 Å². The summed E-state index contributed by atoms with van der Waals surface area (Å²) in [5, 5.41) is 0.799. The van der Waals surface area contributed by atoms with Gasteiger partial charge in [-0.15, -0.1) is 0 Å². The molecular weight excluding hydrogens is 258 g/mol. The Morgan fingerprint density at radius 3 is 2.84 bits per heavy atom. The standard InChI is InChI=1S/C15H24ClN3/c1-3-14-11-19(9-8-18(14)2)15-5-4-13(16)10-12(15)6-7-17/h4-5,10,14H,3,6-9,11,17H2,1-2H3. The zero-order valence-corrected chi connectivity index (χ0v) is 12.7. The highest BCUT2D eigenvalue weighted by atomic mass is 35.5. The molecule has 0 amide bonds. The van der Waals surface area contributed by atoms with Gasteiger partial charge < -0.3 is 10.6 Å². The van der Waals surface area contributed by atoms with Gasteiger partial charge in [-0.05, 0) is 50.2 Å². The highest BCUT2D eigenvalue weighted by Crippen LogP contribution is 2.27. The molecule has 1 aliphatic rings. The van der Waals surface area contributed by atoms with Crippen LogP contribution in [0.25, 0.3) is 0 Å². The highest BCUT2D eigenvalue weighted by molar-refractivity contribution is 6.30. The Labute approximate surface area is 121 Å². The molecule has 1 aliphatic heterocycles. The van der Waals surface area contributed by atoms with Crippen LogP contribution in [-0.2, 0) is 6.42 Å². The van der Waals surface area contributed by atoms with Gasteiger partial charge >= 0.3 is 0 Å². The molecule has 1 aromatic carbocycles. The Morgan fingerprint density at radius 1 is 1.37 bits per heavy atom. The molecule has 1 atom stereocenters. The van der Waals surface area contributed by atoms with E-state index in [4.69, 9.17) is 17.3 Å². The van der Waals surface area contributed by atoms with E-state index in [9.17, 15) is 0 Å². The number of hydrogen-bond acceptors (Lipinski definition) is 3. The van der Waals surface area contributed by atoms with Gasteiger partial charge in [0.2, 0.25) is 0 Å². The molecule has 19 heavy (non-hydrogen) atoms. The van der Waals surface area contributed by atoms with Gasteiger partial charge in [-0.25, -0.2) is 0 Å². The van der Waals surface area contributed by atoms with Crippen molar-refractivity contribution in [3.05, 3.63) is 28.8 Å². The summed E-state index contributed by atoms with van der Waals surface area (Å²) in [7, 11) is 2.22. The van der Waals surface area contributed by atoms with Crippen LogP contribution in [0.4, 0.5) is 5.69 Å². The third-order valence-corrected chi connectivity index (χ3v) is 4.28.